The van der Waals surface area contributed by atoms with Crippen molar-refractivity contribution in [2.24, 2.45) is 0 Å². The minimum Gasteiger partial charge on any atom is -0.494 e. The molecule has 0 bridgehead atoms. The van der Waals surface area contributed by atoms with Crippen molar-refractivity contribution in [2.45, 2.75) is 6.92 Å². The Morgan fingerprint density at radius 3 is 2.33 bits per heavy atom. The van der Waals surface area contributed by atoms with Gasteiger partial charge in [-0.25, -0.2) is 14.6 Å². The van der Waals surface area contributed by atoms with E-state index in [0.29, 0.717) is 46.9 Å². The fraction of sp³-hybridized carbons (Fsp3) is 0.250. The monoisotopic (exact) mass is 480 g/mol. The summed E-state index contributed by atoms with van der Waals surface area (Å²) in [5, 5.41) is 4.73. The van der Waals surface area contributed by atoms with Crippen molar-refractivity contribution >= 4 is 47.4 Å². The molecule has 1 N–H and O–H groups in total. The summed E-state index contributed by atoms with van der Waals surface area (Å²) in [6.07, 6.45) is 4.49. The Labute approximate surface area is 218 Å². The van der Waals surface area contributed by atoms with Gasteiger partial charge in [-0.15, -0.1) is 0 Å². The molecule has 2 amide bonds. The summed E-state index contributed by atoms with van der Waals surface area (Å²) in [5.41, 5.74) is 1.29. The zero-order valence-corrected chi connectivity index (χ0v) is 20.3. The molecule has 1 aliphatic rings. The minimum atomic E-state index is -0.663. The summed E-state index contributed by atoms with van der Waals surface area (Å²) in [4.78, 5) is 53.8. The molecule has 0 spiro atoms. The fourth-order valence-corrected chi connectivity index (χ4v) is 4.19. The van der Waals surface area contributed by atoms with Crippen molar-refractivity contribution in [1.29, 1.82) is 0 Å². The van der Waals surface area contributed by atoms with Crippen LogP contribution in [0.25, 0.3) is 16.7 Å². The number of hydrogen-bond donors (Lipinski definition) is 1. The molecule has 3 aromatic heterocycles. The van der Waals surface area contributed by atoms with E-state index in [-0.39, 0.29) is 43.4 Å². The number of carbonyl (C=O) groups excluding carboxylic acids is 3. The van der Waals surface area contributed by atoms with E-state index in [1.165, 1.54) is 35.4 Å². The van der Waals surface area contributed by atoms with Crippen LogP contribution < -0.4 is 4.74 Å². The van der Waals surface area contributed by atoms with Crippen molar-refractivity contribution < 1.29 is 19.1 Å². The van der Waals surface area contributed by atoms with Gasteiger partial charge in [0.2, 0.25) is 0 Å². The first-order valence-electron chi connectivity index (χ1n) is 11.1. The summed E-state index contributed by atoms with van der Waals surface area (Å²) < 4.78 is 6.92. The van der Waals surface area contributed by atoms with Crippen LogP contribution in [0.5, 0.6) is 5.75 Å². The van der Waals surface area contributed by atoms with Gasteiger partial charge in [0.25, 0.3) is 17.6 Å². The predicted octanol–water partition coefficient (Wildman–Crippen LogP) is 1.25. The molecule has 12 heteroatoms. The zero-order valence-electron chi connectivity index (χ0n) is 20.3. The van der Waals surface area contributed by atoms with Crippen LogP contribution in [0, 0.1) is 6.92 Å². The van der Waals surface area contributed by atoms with Gasteiger partial charge in [-0.3, -0.25) is 14.4 Å². The maximum atomic E-state index is 13.3. The molecular formula is C24H23LiN7O4. The first-order valence-corrected chi connectivity index (χ1v) is 11.1. The number of aromatic nitrogens is 5. The Morgan fingerprint density at radius 1 is 1.00 bits per heavy atom. The number of hydrogen-bond acceptors (Lipinski definition) is 7. The summed E-state index contributed by atoms with van der Waals surface area (Å²) in [6, 6.07) is 9.00. The summed E-state index contributed by atoms with van der Waals surface area (Å²) in [7, 11) is 1.47. The number of Topliss-reactive ketones (excluding diaryl/α,β-unsaturated/α-hetero) is 1. The number of fused-ring (bicyclic) bond motifs is 1. The molecule has 5 rings (SSSR count). The van der Waals surface area contributed by atoms with Gasteiger partial charge in [0.15, 0.2) is 5.82 Å². The fourth-order valence-electron chi connectivity index (χ4n) is 4.19. The van der Waals surface area contributed by atoms with E-state index >= 15 is 0 Å². The van der Waals surface area contributed by atoms with Crippen LogP contribution in [-0.4, -0.2) is 104 Å². The molecular weight excluding hydrogens is 457 g/mol. The Hall–Kier alpha value is -3.94. The number of piperazine rings is 1. The van der Waals surface area contributed by atoms with Gasteiger partial charge in [-0.2, -0.15) is 5.10 Å². The van der Waals surface area contributed by atoms with Gasteiger partial charge in [-0.05, 0) is 19.1 Å². The normalized spacial score (nSPS) is 13.4. The van der Waals surface area contributed by atoms with Gasteiger partial charge in [0.05, 0.1) is 29.8 Å². The first-order chi connectivity index (χ1) is 17.0. The van der Waals surface area contributed by atoms with Crippen molar-refractivity contribution in [1.82, 2.24) is 34.5 Å². The SMILES string of the molecule is COc1cnc(-n2cnc(C)n2)c2[nH]cc(C(=O)C(=O)N3CCN(C(=O)c4ccccc4)CC3)c12.[Li]. The van der Waals surface area contributed by atoms with Gasteiger partial charge in [0, 0.05) is 56.8 Å². The number of ketones is 1. The molecule has 179 valence electrons. The van der Waals surface area contributed by atoms with Crippen molar-refractivity contribution in [3.63, 3.8) is 0 Å². The van der Waals surface area contributed by atoms with Gasteiger partial charge >= 0.3 is 0 Å². The Kier molecular flexibility index (Phi) is 7.24. The molecule has 1 aliphatic heterocycles. The van der Waals surface area contributed by atoms with E-state index in [2.05, 4.69) is 20.1 Å². The molecule has 1 aromatic carbocycles. The minimum absolute atomic E-state index is 0. The van der Waals surface area contributed by atoms with E-state index in [4.69, 9.17) is 4.74 Å². The van der Waals surface area contributed by atoms with E-state index in [0.717, 1.165) is 0 Å². The van der Waals surface area contributed by atoms with E-state index < -0.39 is 11.7 Å². The van der Waals surface area contributed by atoms with E-state index in [1.54, 1.807) is 24.0 Å². The van der Waals surface area contributed by atoms with Crippen molar-refractivity contribution in [3.8, 4) is 11.6 Å². The maximum Gasteiger partial charge on any atom is 0.295 e. The quantitative estimate of drug-likeness (QED) is 0.259. The third kappa shape index (κ3) is 4.50. The van der Waals surface area contributed by atoms with Crippen molar-refractivity contribution in [2.75, 3.05) is 33.3 Å². The molecule has 1 saturated heterocycles. The predicted molar refractivity (Wildman–Crippen MR) is 131 cm³/mol. The molecule has 36 heavy (non-hydrogen) atoms. The topological polar surface area (TPSA) is 126 Å². The number of benzene rings is 1. The number of aryl methyl sites for hydroxylation is 1. The molecule has 1 fully saturated rings. The number of nitrogens with one attached hydrogen (secondary N) is 1. The van der Waals surface area contributed by atoms with Crippen LogP contribution >= 0.6 is 0 Å². The maximum absolute atomic E-state index is 13.3. The molecule has 11 nitrogen and oxygen atoms in total. The second kappa shape index (κ2) is 10.4. The number of rotatable bonds is 5. The summed E-state index contributed by atoms with van der Waals surface area (Å²) >= 11 is 0. The standard InChI is InChI=1S/C24H23N7O4.Li/c1-15-27-14-31(28-15)22-20-19(18(35-2)13-26-22)17(12-25-20)21(32)24(34)30-10-8-29(9-11-30)23(33)16-6-4-3-5-7-16;/h3-7,12-14,25H,8-11H2,1-2H3;. The third-order valence-corrected chi connectivity index (χ3v) is 6.01. The smallest absolute Gasteiger partial charge is 0.295 e. The van der Waals surface area contributed by atoms with Crippen LogP contribution in [-0.2, 0) is 4.79 Å². The Balaban J connectivity index is 0.00000304. The van der Waals surface area contributed by atoms with Crippen molar-refractivity contribution in [3.05, 3.63) is 66.0 Å². The Morgan fingerprint density at radius 2 is 1.69 bits per heavy atom. The first kappa shape index (κ1) is 25.2. The average molecular weight is 480 g/mol. The number of ether oxygens (including phenoxy) is 1. The largest absolute Gasteiger partial charge is 0.494 e. The van der Waals surface area contributed by atoms with Crippen LogP contribution in [0.1, 0.15) is 26.5 Å². The van der Waals surface area contributed by atoms with Crippen LogP contribution in [0.4, 0.5) is 0 Å². The number of methoxy groups -OCH3 is 1. The second-order valence-corrected chi connectivity index (χ2v) is 8.12. The molecule has 0 saturated carbocycles. The van der Waals surface area contributed by atoms with Crippen LogP contribution in [0.15, 0.2) is 49.1 Å². The van der Waals surface area contributed by atoms with Crippen LogP contribution in [0.3, 0.4) is 0 Å². The Bertz CT molecular complexity index is 1430. The number of amides is 2. The van der Waals surface area contributed by atoms with E-state index in [9.17, 15) is 14.4 Å². The molecule has 0 atom stereocenters. The molecule has 4 heterocycles. The molecule has 4 aromatic rings. The summed E-state index contributed by atoms with van der Waals surface area (Å²) in [5.74, 6) is -0.0244. The number of pyridine rings is 1. The second-order valence-electron chi connectivity index (χ2n) is 8.12. The number of H-pyrrole nitrogens is 1. The molecule has 0 aliphatic carbocycles. The van der Waals surface area contributed by atoms with Gasteiger partial charge < -0.3 is 19.5 Å². The van der Waals surface area contributed by atoms with Gasteiger partial charge in [0.1, 0.15) is 17.9 Å². The summed E-state index contributed by atoms with van der Waals surface area (Å²) in [6.45, 7) is 3.00. The van der Waals surface area contributed by atoms with E-state index in [1.807, 2.05) is 18.2 Å². The van der Waals surface area contributed by atoms with Crippen LogP contribution in [0.2, 0.25) is 0 Å². The molecule has 0 unspecified atom stereocenters. The number of aromatic amines is 1. The number of nitrogens with zero attached hydrogens (tertiary/aromatic N) is 6. The number of carbonyl (C=O) groups is 3. The zero-order chi connectivity index (χ0) is 24.5. The average Bonchev–Trinajstić information content (AvgIpc) is 3.54. The third-order valence-electron chi connectivity index (χ3n) is 6.01. The molecule has 1 radical (unpaired) electrons. The van der Waals surface area contributed by atoms with Gasteiger partial charge in [-0.1, -0.05) is 18.2 Å².